The van der Waals surface area contributed by atoms with Gasteiger partial charge >= 0.3 is 0 Å². The number of para-hydroxylation sites is 1. The lowest BCUT2D eigenvalue weighted by Crippen LogP contribution is -2.40. The Hall–Kier alpha value is -1.54. The number of aromatic nitrogens is 2. The maximum absolute atomic E-state index is 10.3. The molecule has 0 unspecified atom stereocenters. The van der Waals surface area contributed by atoms with Gasteiger partial charge in [0, 0.05) is 55.1 Å². The van der Waals surface area contributed by atoms with Gasteiger partial charge < -0.3 is 14.8 Å². The van der Waals surface area contributed by atoms with Crippen molar-refractivity contribution in [2.45, 2.75) is 26.1 Å². The van der Waals surface area contributed by atoms with Crippen molar-refractivity contribution in [1.29, 1.82) is 0 Å². The minimum Gasteiger partial charge on any atom is -0.491 e. The Morgan fingerprint density at radius 3 is 2.81 bits per heavy atom. The molecule has 6 nitrogen and oxygen atoms in total. The Bertz CT molecular complexity index is 703. The van der Waals surface area contributed by atoms with Crippen LogP contribution in [0.2, 0.25) is 0 Å². The van der Waals surface area contributed by atoms with Gasteiger partial charge in [-0.3, -0.25) is 9.80 Å². The van der Waals surface area contributed by atoms with E-state index in [1.807, 2.05) is 43.1 Å². The van der Waals surface area contributed by atoms with Crippen molar-refractivity contribution in [2.24, 2.45) is 0 Å². The first-order valence-electron chi connectivity index (χ1n) is 9.48. The van der Waals surface area contributed by atoms with E-state index in [0.29, 0.717) is 13.2 Å². The number of benzene rings is 1. The van der Waals surface area contributed by atoms with Crippen LogP contribution in [0, 0.1) is 6.92 Å². The van der Waals surface area contributed by atoms with Crippen LogP contribution in [-0.4, -0.2) is 75.8 Å². The minimum atomic E-state index is -0.468. The van der Waals surface area contributed by atoms with Crippen molar-refractivity contribution in [2.75, 3.05) is 44.8 Å². The molecule has 0 saturated carbocycles. The van der Waals surface area contributed by atoms with Gasteiger partial charge in [-0.25, -0.2) is 4.98 Å². The van der Waals surface area contributed by atoms with Crippen LogP contribution in [0.15, 0.2) is 30.5 Å². The number of β-amino-alcohol motifs (C(OH)–C–C–N with tert-alkyl or cyclic N) is 1. The molecule has 1 saturated heterocycles. The molecule has 7 heteroatoms. The van der Waals surface area contributed by atoms with Crippen molar-refractivity contribution in [3.63, 3.8) is 0 Å². The lowest BCUT2D eigenvalue weighted by molar-refractivity contribution is 0.0709. The molecule has 0 aliphatic carbocycles. The number of ether oxygens (including phenoxy) is 1. The maximum Gasteiger partial charge on any atom is 0.123 e. The van der Waals surface area contributed by atoms with E-state index in [1.165, 1.54) is 0 Å². The van der Waals surface area contributed by atoms with E-state index >= 15 is 0 Å². The second-order valence-electron chi connectivity index (χ2n) is 7.17. The van der Waals surface area contributed by atoms with Gasteiger partial charge in [-0.1, -0.05) is 18.2 Å². The van der Waals surface area contributed by atoms with E-state index in [-0.39, 0.29) is 0 Å². The molecule has 1 aliphatic heterocycles. The van der Waals surface area contributed by atoms with Crippen LogP contribution in [0.4, 0.5) is 0 Å². The molecule has 148 valence electrons. The highest BCUT2D eigenvalue weighted by atomic mass is 32.2. The van der Waals surface area contributed by atoms with Gasteiger partial charge in [-0.15, -0.1) is 0 Å². The monoisotopic (exact) mass is 390 g/mol. The van der Waals surface area contributed by atoms with Crippen LogP contribution < -0.4 is 4.74 Å². The number of aromatic amines is 1. The lowest BCUT2D eigenvalue weighted by atomic mass is 10.2. The summed E-state index contributed by atoms with van der Waals surface area (Å²) in [6, 6.07) is 8.05. The molecule has 1 aliphatic rings. The summed E-state index contributed by atoms with van der Waals surface area (Å²) in [7, 11) is 2.07. The fourth-order valence-corrected chi connectivity index (χ4v) is 4.22. The summed E-state index contributed by atoms with van der Waals surface area (Å²) in [6.07, 6.45) is 1.38. The average molecular weight is 391 g/mol. The molecule has 0 bridgehead atoms. The van der Waals surface area contributed by atoms with Crippen LogP contribution in [-0.2, 0) is 13.1 Å². The van der Waals surface area contributed by atoms with Gasteiger partial charge in [0.05, 0.1) is 6.54 Å². The number of rotatable bonds is 9. The average Bonchev–Trinajstić information content (AvgIpc) is 3.06. The quantitative estimate of drug-likeness (QED) is 0.684. The van der Waals surface area contributed by atoms with E-state index in [0.717, 1.165) is 60.5 Å². The zero-order valence-corrected chi connectivity index (χ0v) is 17.0. The molecular formula is C20H30N4O2S. The number of H-pyrrole nitrogens is 1. The van der Waals surface area contributed by atoms with E-state index < -0.39 is 6.10 Å². The topological polar surface area (TPSA) is 64.6 Å². The number of aryl methyl sites for hydroxylation is 1. The maximum atomic E-state index is 10.3. The molecule has 1 aromatic carbocycles. The number of hydrogen-bond acceptors (Lipinski definition) is 6. The Morgan fingerprint density at radius 1 is 1.30 bits per heavy atom. The largest absolute Gasteiger partial charge is 0.491 e. The number of hydrogen-bond donors (Lipinski definition) is 2. The first-order valence-corrected chi connectivity index (χ1v) is 10.6. The van der Waals surface area contributed by atoms with Crippen molar-refractivity contribution >= 4 is 11.8 Å². The van der Waals surface area contributed by atoms with Crippen molar-refractivity contribution in [1.82, 2.24) is 19.8 Å². The van der Waals surface area contributed by atoms with Gasteiger partial charge in [-0.05, 0) is 20.0 Å². The first kappa shape index (κ1) is 20.2. The molecule has 0 amide bonds. The summed E-state index contributed by atoms with van der Waals surface area (Å²) in [6.45, 7) is 6.62. The lowest BCUT2D eigenvalue weighted by Gasteiger charge is -2.28. The number of thioether (sulfide) groups is 1. The SMILES string of the molecule is Cc1cnc(CN(C)Cc2ccccc2OC[C@@H](O)CN2CCSCC2)[nH]1. The Kier molecular flexibility index (Phi) is 7.58. The van der Waals surface area contributed by atoms with E-state index in [1.54, 1.807) is 0 Å². The van der Waals surface area contributed by atoms with Crippen molar-refractivity contribution < 1.29 is 9.84 Å². The third-order valence-corrected chi connectivity index (χ3v) is 5.53. The van der Waals surface area contributed by atoms with Gasteiger partial charge in [0.15, 0.2) is 0 Å². The highest BCUT2D eigenvalue weighted by Crippen LogP contribution is 2.20. The fraction of sp³-hybridized carbons (Fsp3) is 0.550. The standard InChI is InChI=1S/C20H30N4O2S/c1-16-11-21-20(22-16)14-23(2)12-17-5-3-4-6-19(17)26-15-18(25)13-24-7-9-27-10-8-24/h3-6,11,18,25H,7-10,12-15H2,1-2H3,(H,21,22)/t18-/m0/s1. The zero-order chi connectivity index (χ0) is 19.1. The van der Waals surface area contributed by atoms with Crippen LogP contribution >= 0.6 is 11.8 Å². The van der Waals surface area contributed by atoms with Crippen molar-refractivity contribution in [3.05, 3.63) is 47.5 Å². The van der Waals surface area contributed by atoms with E-state index in [4.69, 9.17) is 4.74 Å². The zero-order valence-electron chi connectivity index (χ0n) is 16.2. The van der Waals surface area contributed by atoms with Crippen LogP contribution in [0.25, 0.3) is 0 Å². The van der Waals surface area contributed by atoms with Crippen LogP contribution in [0.5, 0.6) is 5.75 Å². The minimum absolute atomic E-state index is 0.321. The third-order valence-electron chi connectivity index (χ3n) is 4.59. The van der Waals surface area contributed by atoms with Gasteiger partial charge in [0.2, 0.25) is 0 Å². The number of aliphatic hydroxyl groups excluding tert-OH is 1. The highest BCUT2D eigenvalue weighted by molar-refractivity contribution is 7.99. The van der Waals surface area contributed by atoms with Crippen LogP contribution in [0.3, 0.4) is 0 Å². The molecule has 2 aromatic rings. The predicted octanol–water partition coefficient (Wildman–Crippen LogP) is 2.14. The van der Waals surface area contributed by atoms with Gasteiger partial charge in [-0.2, -0.15) is 11.8 Å². The number of nitrogens with zero attached hydrogens (tertiary/aromatic N) is 3. The number of imidazole rings is 1. The molecule has 27 heavy (non-hydrogen) atoms. The number of aliphatic hydroxyl groups is 1. The molecule has 1 fully saturated rings. The highest BCUT2D eigenvalue weighted by Gasteiger charge is 2.16. The molecule has 0 spiro atoms. The molecule has 1 atom stereocenters. The molecule has 0 radical (unpaired) electrons. The van der Waals surface area contributed by atoms with E-state index in [9.17, 15) is 5.11 Å². The smallest absolute Gasteiger partial charge is 0.123 e. The second-order valence-corrected chi connectivity index (χ2v) is 8.40. The van der Waals surface area contributed by atoms with Crippen LogP contribution in [0.1, 0.15) is 17.1 Å². The summed E-state index contributed by atoms with van der Waals surface area (Å²) in [5.41, 5.74) is 2.19. The fourth-order valence-electron chi connectivity index (χ4n) is 3.25. The van der Waals surface area contributed by atoms with Gasteiger partial charge in [0.25, 0.3) is 0 Å². The summed E-state index contributed by atoms with van der Waals surface area (Å²) < 4.78 is 5.96. The molecule has 2 heterocycles. The summed E-state index contributed by atoms with van der Waals surface area (Å²) in [4.78, 5) is 12.1. The molecular weight excluding hydrogens is 360 g/mol. The Balaban J connectivity index is 1.50. The van der Waals surface area contributed by atoms with Crippen molar-refractivity contribution in [3.8, 4) is 5.75 Å². The van der Waals surface area contributed by atoms with Gasteiger partial charge in [0.1, 0.15) is 24.3 Å². The third kappa shape index (κ3) is 6.53. The number of nitrogens with one attached hydrogen (secondary N) is 1. The van der Waals surface area contributed by atoms with E-state index in [2.05, 4.69) is 32.9 Å². The Labute approximate surface area is 165 Å². The molecule has 1 aromatic heterocycles. The second kappa shape index (κ2) is 10.1. The molecule has 2 N–H and O–H groups in total. The first-order chi connectivity index (χ1) is 13.1. The summed E-state index contributed by atoms with van der Waals surface area (Å²) in [5.74, 6) is 4.10. The summed E-state index contributed by atoms with van der Waals surface area (Å²) in [5, 5.41) is 10.3. The summed E-state index contributed by atoms with van der Waals surface area (Å²) >= 11 is 1.98. The molecule has 3 rings (SSSR count). The predicted molar refractivity (Wildman–Crippen MR) is 110 cm³/mol. The normalized spacial score (nSPS) is 16.6. The Morgan fingerprint density at radius 2 is 2.07 bits per heavy atom.